The van der Waals surface area contributed by atoms with Gasteiger partial charge < -0.3 is 10.1 Å². The second-order valence-electron chi connectivity index (χ2n) is 6.63. The van der Waals surface area contributed by atoms with Crippen molar-refractivity contribution in [2.24, 2.45) is 0 Å². The Bertz CT molecular complexity index is 720. The summed E-state index contributed by atoms with van der Waals surface area (Å²) < 4.78 is 5.43. The third-order valence-corrected chi connectivity index (χ3v) is 4.57. The van der Waals surface area contributed by atoms with Crippen LogP contribution in [0.4, 0.5) is 0 Å². The van der Waals surface area contributed by atoms with E-state index in [9.17, 15) is 4.79 Å². The quantitative estimate of drug-likeness (QED) is 0.814. The number of ether oxygens (including phenoxy) is 1. The van der Waals surface area contributed by atoms with E-state index in [2.05, 4.69) is 41.4 Å². The fraction of sp³-hybridized carbons (Fsp3) is 0.318. The molecule has 1 aliphatic heterocycles. The molecule has 1 fully saturated rings. The van der Waals surface area contributed by atoms with E-state index in [-0.39, 0.29) is 11.9 Å². The molecular weight excluding hydrogens is 324 g/mol. The highest BCUT2D eigenvalue weighted by molar-refractivity contribution is 5.92. The highest BCUT2D eigenvalue weighted by Gasteiger charge is 2.19. The molecule has 0 spiro atoms. The van der Waals surface area contributed by atoms with Gasteiger partial charge in [0.25, 0.3) is 0 Å². The van der Waals surface area contributed by atoms with Crippen LogP contribution >= 0.6 is 0 Å². The topological polar surface area (TPSA) is 41.6 Å². The number of carbonyl (C=O) groups is 1. The zero-order valence-electron chi connectivity index (χ0n) is 15.2. The van der Waals surface area contributed by atoms with Crippen LogP contribution in [0.15, 0.2) is 60.7 Å². The van der Waals surface area contributed by atoms with Crippen LogP contribution in [0.1, 0.15) is 22.7 Å². The maximum absolute atomic E-state index is 12.5. The van der Waals surface area contributed by atoms with Crippen LogP contribution in [0.2, 0.25) is 0 Å². The molecule has 2 aromatic rings. The molecule has 2 aromatic carbocycles. The van der Waals surface area contributed by atoms with Crippen molar-refractivity contribution in [3.8, 4) is 0 Å². The van der Waals surface area contributed by atoms with E-state index in [4.69, 9.17) is 4.74 Å². The SMILES string of the molecule is Cc1ccc([C@@H](CN2CCOCC2)NC(=O)/C=C/c2ccccc2)cc1. The summed E-state index contributed by atoms with van der Waals surface area (Å²) in [5.74, 6) is -0.0762. The summed E-state index contributed by atoms with van der Waals surface area (Å²) in [6, 6.07) is 18.2. The lowest BCUT2D eigenvalue weighted by Gasteiger charge is -2.31. The predicted molar refractivity (Wildman–Crippen MR) is 105 cm³/mol. The summed E-state index contributed by atoms with van der Waals surface area (Å²) in [7, 11) is 0. The van der Waals surface area contributed by atoms with Gasteiger partial charge in [-0.15, -0.1) is 0 Å². The van der Waals surface area contributed by atoms with Gasteiger partial charge in [0, 0.05) is 25.7 Å². The first-order valence-corrected chi connectivity index (χ1v) is 9.11. The first kappa shape index (κ1) is 18.4. The molecule has 1 amide bonds. The first-order valence-electron chi connectivity index (χ1n) is 9.11. The van der Waals surface area contributed by atoms with Crippen molar-refractivity contribution in [2.45, 2.75) is 13.0 Å². The Kier molecular flexibility index (Phi) is 6.58. The number of nitrogens with zero attached hydrogens (tertiary/aromatic N) is 1. The predicted octanol–water partition coefficient (Wildman–Crippen LogP) is 3.20. The van der Waals surface area contributed by atoms with Gasteiger partial charge >= 0.3 is 0 Å². The number of morpholine rings is 1. The van der Waals surface area contributed by atoms with E-state index in [1.165, 1.54) is 5.56 Å². The summed E-state index contributed by atoms with van der Waals surface area (Å²) >= 11 is 0. The van der Waals surface area contributed by atoms with E-state index >= 15 is 0 Å². The molecule has 1 heterocycles. The molecule has 0 aliphatic carbocycles. The van der Waals surface area contributed by atoms with Crippen molar-refractivity contribution < 1.29 is 9.53 Å². The van der Waals surface area contributed by atoms with E-state index < -0.39 is 0 Å². The third kappa shape index (κ3) is 5.55. The van der Waals surface area contributed by atoms with Gasteiger partial charge in [-0.3, -0.25) is 9.69 Å². The average Bonchev–Trinajstić information content (AvgIpc) is 2.68. The minimum absolute atomic E-state index is 0.0402. The van der Waals surface area contributed by atoms with Crippen LogP contribution in [0.3, 0.4) is 0 Å². The maximum atomic E-state index is 12.5. The number of hydrogen-bond donors (Lipinski definition) is 1. The molecule has 1 N–H and O–H groups in total. The summed E-state index contributed by atoms with van der Waals surface area (Å²) in [6.45, 7) is 6.17. The van der Waals surface area contributed by atoms with E-state index in [0.29, 0.717) is 0 Å². The van der Waals surface area contributed by atoms with Gasteiger partial charge in [-0.2, -0.15) is 0 Å². The minimum atomic E-state index is -0.0762. The molecule has 1 aliphatic rings. The van der Waals surface area contributed by atoms with E-state index in [0.717, 1.165) is 44.0 Å². The smallest absolute Gasteiger partial charge is 0.244 e. The summed E-state index contributed by atoms with van der Waals surface area (Å²) in [5, 5.41) is 3.16. The van der Waals surface area contributed by atoms with Crippen LogP contribution in [0, 0.1) is 6.92 Å². The molecule has 1 atom stereocenters. The standard InChI is InChI=1S/C22H26N2O2/c1-18-7-10-20(11-8-18)21(17-24-13-15-26-16-14-24)23-22(25)12-9-19-5-3-2-4-6-19/h2-12,21H,13-17H2,1H3,(H,23,25)/b12-9+/t21-/m1/s1. The largest absolute Gasteiger partial charge is 0.379 e. The monoisotopic (exact) mass is 350 g/mol. The minimum Gasteiger partial charge on any atom is -0.379 e. The number of carbonyl (C=O) groups excluding carboxylic acids is 1. The van der Waals surface area contributed by atoms with Gasteiger partial charge in [0.1, 0.15) is 0 Å². The molecule has 0 bridgehead atoms. The summed E-state index contributed by atoms with van der Waals surface area (Å²) in [6.07, 6.45) is 3.45. The van der Waals surface area contributed by atoms with Crippen LogP contribution in [0.5, 0.6) is 0 Å². The van der Waals surface area contributed by atoms with Gasteiger partial charge in [0.15, 0.2) is 0 Å². The number of benzene rings is 2. The molecular formula is C22H26N2O2. The molecule has 0 radical (unpaired) electrons. The summed E-state index contributed by atoms with van der Waals surface area (Å²) in [5.41, 5.74) is 3.36. The highest BCUT2D eigenvalue weighted by atomic mass is 16.5. The number of amides is 1. The Morgan fingerprint density at radius 3 is 2.50 bits per heavy atom. The Labute approximate surface area is 155 Å². The second-order valence-corrected chi connectivity index (χ2v) is 6.63. The van der Waals surface area contributed by atoms with Crippen LogP contribution in [-0.2, 0) is 9.53 Å². The molecule has 136 valence electrons. The zero-order chi connectivity index (χ0) is 18.2. The van der Waals surface area contributed by atoms with Crippen molar-refractivity contribution >= 4 is 12.0 Å². The number of nitrogens with one attached hydrogen (secondary N) is 1. The molecule has 4 nitrogen and oxygen atoms in total. The fourth-order valence-corrected chi connectivity index (χ4v) is 3.03. The Morgan fingerprint density at radius 1 is 1.12 bits per heavy atom. The summed E-state index contributed by atoms with van der Waals surface area (Å²) in [4.78, 5) is 14.8. The maximum Gasteiger partial charge on any atom is 0.244 e. The lowest BCUT2D eigenvalue weighted by Crippen LogP contribution is -2.42. The van der Waals surface area contributed by atoms with Crippen molar-refractivity contribution in [2.75, 3.05) is 32.8 Å². The Hall–Kier alpha value is -2.43. The number of rotatable bonds is 6. The molecule has 4 heteroatoms. The molecule has 26 heavy (non-hydrogen) atoms. The van der Waals surface area contributed by atoms with Crippen molar-refractivity contribution in [3.63, 3.8) is 0 Å². The van der Waals surface area contributed by atoms with Crippen molar-refractivity contribution in [3.05, 3.63) is 77.4 Å². The fourth-order valence-electron chi connectivity index (χ4n) is 3.03. The van der Waals surface area contributed by atoms with Gasteiger partial charge in [-0.25, -0.2) is 0 Å². The second kappa shape index (κ2) is 9.32. The lowest BCUT2D eigenvalue weighted by molar-refractivity contribution is -0.117. The lowest BCUT2D eigenvalue weighted by atomic mass is 10.0. The number of hydrogen-bond acceptors (Lipinski definition) is 3. The molecule has 1 saturated heterocycles. The van der Waals surface area contributed by atoms with Crippen molar-refractivity contribution in [1.82, 2.24) is 10.2 Å². The first-order chi connectivity index (χ1) is 12.7. The van der Waals surface area contributed by atoms with Gasteiger partial charge in [-0.05, 0) is 24.1 Å². The Morgan fingerprint density at radius 2 is 1.81 bits per heavy atom. The van der Waals surface area contributed by atoms with Gasteiger partial charge in [0.2, 0.25) is 5.91 Å². The van der Waals surface area contributed by atoms with Crippen LogP contribution in [-0.4, -0.2) is 43.7 Å². The third-order valence-electron chi connectivity index (χ3n) is 4.57. The molecule has 0 unspecified atom stereocenters. The van der Waals surface area contributed by atoms with Crippen LogP contribution in [0.25, 0.3) is 6.08 Å². The van der Waals surface area contributed by atoms with Crippen LogP contribution < -0.4 is 5.32 Å². The van der Waals surface area contributed by atoms with Crippen molar-refractivity contribution in [1.29, 1.82) is 0 Å². The number of aryl methyl sites for hydroxylation is 1. The van der Waals surface area contributed by atoms with Gasteiger partial charge in [0.05, 0.1) is 19.3 Å². The van der Waals surface area contributed by atoms with E-state index in [1.54, 1.807) is 6.08 Å². The zero-order valence-corrected chi connectivity index (χ0v) is 15.2. The highest BCUT2D eigenvalue weighted by Crippen LogP contribution is 2.16. The van der Waals surface area contributed by atoms with E-state index in [1.807, 2.05) is 36.4 Å². The Balaban J connectivity index is 1.68. The molecule has 0 saturated carbocycles. The van der Waals surface area contributed by atoms with Gasteiger partial charge in [-0.1, -0.05) is 60.2 Å². The molecule has 3 rings (SSSR count). The normalized spacial score (nSPS) is 16.5. The molecule has 0 aromatic heterocycles. The average molecular weight is 350 g/mol.